The van der Waals surface area contributed by atoms with E-state index in [1.165, 1.54) is 4.68 Å². The molecule has 0 aliphatic carbocycles. The van der Waals surface area contributed by atoms with Gasteiger partial charge in [-0.15, -0.1) is 0 Å². The summed E-state index contributed by atoms with van der Waals surface area (Å²) in [6.07, 6.45) is 2.65. The Hall–Kier alpha value is -1.36. The number of anilines is 1. The summed E-state index contributed by atoms with van der Waals surface area (Å²) in [5.41, 5.74) is 6.45. The van der Waals surface area contributed by atoms with Crippen LogP contribution in [0.1, 0.15) is 27.2 Å². The van der Waals surface area contributed by atoms with Gasteiger partial charge in [-0.2, -0.15) is 5.10 Å². The van der Waals surface area contributed by atoms with Crippen LogP contribution in [-0.4, -0.2) is 29.9 Å². The summed E-state index contributed by atoms with van der Waals surface area (Å²) in [7, 11) is 1.91. The summed E-state index contributed by atoms with van der Waals surface area (Å²) in [6, 6.07) is 1.62. The van der Waals surface area contributed by atoms with Crippen molar-refractivity contribution < 1.29 is 0 Å². The van der Waals surface area contributed by atoms with Gasteiger partial charge in [0.1, 0.15) is 0 Å². The van der Waals surface area contributed by atoms with Crippen LogP contribution in [0.3, 0.4) is 0 Å². The van der Waals surface area contributed by atoms with Crippen LogP contribution in [0.2, 0.25) is 0 Å². The van der Waals surface area contributed by atoms with Gasteiger partial charge < -0.3 is 10.6 Å². The maximum absolute atomic E-state index is 11.9. The van der Waals surface area contributed by atoms with E-state index in [0.29, 0.717) is 19.6 Å². The molecule has 102 valence electrons. The van der Waals surface area contributed by atoms with E-state index in [9.17, 15) is 4.79 Å². The van der Waals surface area contributed by atoms with Gasteiger partial charge in [-0.05, 0) is 11.8 Å². The number of rotatable bonds is 5. The minimum Gasteiger partial charge on any atom is -0.372 e. The lowest BCUT2D eigenvalue weighted by molar-refractivity contribution is 0.336. The minimum atomic E-state index is -0.0550. The van der Waals surface area contributed by atoms with E-state index in [-0.39, 0.29) is 11.0 Å². The highest BCUT2D eigenvalue weighted by atomic mass is 16.1. The number of aromatic nitrogens is 2. The Morgan fingerprint density at radius 3 is 2.61 bits per heavy atom. The molecule has 0 aliphatic heterocycles. The molecular weight excluding hydrogens is 228 g/mol. The fourth-order valence-electron chi connectivity index (χ4n) is 1.56. The molecule has 18 heavy (non-hydrogen) atoms. The van der Waals surface area contributed by atoms with Gasteiger partial charge in [-0.25, -0.2) is 4.68 Å². The molecule has 0 bridgehead atoms. The average molecular weight is 252 g/mol. The van der Waals surface area contributed by atoms with Crippen molar-refractivity contribution in [2.45, 2.75) is 33.7 Å². The van der Waals surface area contributed by atoms with Crippen LogP contribution in [0.4, 0.5) is 5.69 Å². The Morgan fingerprint density at radius 1 is 1.44 bits per heavy atom. The van der Waals surface area contributed by atoms with Crippen molar-refractivity contribution in [3.05, 3.63) is 22.6 Å². The van der Waals surface area contributed by atoms with Crippen molar-refractivity contribution in [3.63, 3.8) is 0 Å². The van der Waals surface area contributed by atoms with E-state index in [2.05, 4.69) is 25.9 Å². The van der Waals surface area contributed by atoms with Gasteiger partial charge in [0.15, 0.2) is 0 Å². The van der Waals surface area contributed by atoms with E-state index in [1.54, 1.807) is 12.3 Å². The Labute approximate surface area is 109 Å². The van der Waals surface area contributed by atoms with Gasteiger partial charge in [0, 0.05) is 32.7 Å². The highest BCUT2D eigenvalue weighted by molar-refractivity contribution is 5.41. The third kappa shape index (κ3) is 4.49. The maximum Gasteiger partial charge on any atom is 0.268 e. The van der Waals surface area contributed by atoms with Crippen LogP contribution >= 0.6 is 0 Å². The molecule has 0 radical (unpaired) electrons. The molecule has 0 aromatic carbocycles. The van der Waals surface area contributed by atoms with Gasteiger partial charge in [-0.3, -0.25) is 4.79 Å². The summed E-state index contributed by atoms with van der Waals surface area (Å²) < 4.78 is 1.52. The van der Waals surface area contributed by atoms with E-state index >= 15 is 0 Å². The Bertz CT molecular complexity index is 433. The van der Waals surface area contributed by atoms with Crippen LogP contribution < -0.4 is 16.2 Å². The third-order valence-electron chi connectivity index (χ3n) is 2.83. The lowest BCUT2D eigenvalue weighted by Gasteiger charge is -2.20. The number of nitrogens with zero attached hydrogens (tertiary/aromatic N) is 3. The molecule has 0 fully saturated rings. The predicted molar refractivity (Wildman–Crippen MR) is 74.9 cm³/mol. The third-order valence-corrected chi connectivity index (χ3v) is 2.83. The normalized spacial score (nSPS) is 11.6. The highest BCUT2D eigenvalue weighted by Crippen LogP contribution is 2.18. The summed E-state index contributed by atoms with van der Waals surface area (Å²) in [5.74, 6) is 0. The molecule has 0 atom stereocenters. The van der Waals surface area contributed by atoms with Crippen molar-refractivity contribution in [3.8, 4) is 0 Å². The molecule has 1 aromatic rings. The number of likely N-dealkylation sites (N-methyl/N-ethyl adjacent to an activating group) is 1. The lowest BCUT2D eigenvalue weighted by atomic mass is 9.92. The molecule has 1 rings (SSSR count). The minimum absolute atomic E-state index is 0.0550. The second kappa shape index (κ2) is 6.00. The number of hydrogen-bond donors (Lipinski definition) is 1. The van der Waals surface area contributed by atoms with Gasteiger partial charge in [0.25, 0.3) is 5.56 Å². The van der Waals surface area contributed by atoms with Crippen LogP contribution in [0.5, 0.6) is 0 Å². The van der Waals surface area contributed by atoms with Crippen molar-refractivity contribution >= 4 is 5.69 Å². The maximum atomic E-state index is 11.9. The van der Waals surface area contributed by atoms with Gasteiger partial charge in [0.05, 0.1) is 11.9 Å². The smallest absolute Gasteiger partial charge is 0.268 e. The average Bonchev–Trinajstić information content (AvgIpc) is 2.26. The first-order valence-corrected chi connectivity index (χ1v) is 6.32. The Balaban J connectivity index is 2.77. The molecular formula is C13H24N4O. The van der Waals surface area contributed by atoms with Crippen LogP contribution in [0.15, 0.2) is 17.1 Å². The van der Waals surface area contributed by atoms with Crippen LogP contribution in [0.25, 0.3) is 0 Å². The number of hydrogen-bond acceptors (Lipinski definition) is 4. The molecule has 0 saturated heterocycles. The summed E-state index contributed by atoms with van der Waals surface area (Å²) in [4.78, 5) is 13.8. The Morgan fingerprint density at radius 2 is 2.11 bits per heavy atom. The second-order valence-corrected chi connectivity index (χ2v) is 5.80. The topological polar surface area (TPSA) is 64.2 Å². The standard InChI is InChI=1S/C13H24N4O/c1-13(2,3)5-7-17-12(18)9-11(10-15-17)16(4)8-6-14/h9-10H,5-8,14H2,1-4H3. The number of aryl methyl sites for hydroxylation is 1. The van der Waals surface area contributed by atoms with E-state index in [1.807, 2.05) is 11.9 Å². The molecule has 5 heteroatoms. The first-order chi connectivity index (χ1) is 8.33. The largest absolute Gasteiger partial charge is 0.372 e. The molecule has 1 heterocycles. The summed E-state index contributed by atoms with van der Waals surface area (Å²) >= 11 is 0. The highest BCUT2D eigenvalue weighted by Gasteiger charge is 2.11. The molecule has 0 amide bonds. The monoisotopic (exact) mass is 252 g/mol. The molecule has 0 saturated carbocycles. The first kappa shape index (κ1) is 14.7. The molecule has 0 spiro atoms. The van der Waals surface area contributed by atoms with Gasteiger partial charge >= 0.3 is 0 Å². The van der Waals surface area contributed by atoms with Crippen molar-refractivity contribution in [1.29, 1.82) is 0 Å². The fourth-order valence-corrected chi connectivity index (χ4v) is 1.56. The molecule has 5 nitrogen and oxygen atoms in total. The van der Waals surface area contributed by atoms with Crippen molar-refractivity contribution in [2.75, 3.05) is 25.0 Å². The van der Waals surface area contributed by atoms with Gasteiger partial charge in [0.2, 0.25) is 0 Å². The SMILES string of the molecule is CN(CCN)c1cnn(CCC(C)(C)C)c(=O)c1. The zero-order valence-electron chi connectivity index (χ0n) is 11.8. The quantitative estimate of drug-likeness (QED) is 0.851. The summed E-state index contributed by atoms with van der Waals surface area (Å²) in [6.45, 7) is 8.39. The summed E-state index contributed by atoms with van der Waals surface area (Å²) in [5, 5.41) is 4.21. The second-order valence-electron chi connectivity index (χ2n) is 5.80. The zero-order valence-corrected chi connectivity index (χ0v) is 11.8. The van der Waals surface area contributed by atoms with E-state index < -0.39 is 0 Å². The molecule has 1 aromatic heterocycles. The number of nitrogens with two attached hydrogens (primary N) is 1. The van der Waals surface area contributed by atoms with Crippen LogP contribution in [-0.2, 0) is 6.54 Å². The van der Waals surface area contributed by atoms with E-state index in [4.69, 9.17) is 5.73 Å². The molecule has 2 N–H and O–H groups in total. The lowest BCUT2D eigenvalue weighted by Crippen LogP contribution is -2.29. The van der Waals surface area contributed by atoms with Crippen LogP contribution in [0, 0.1) is 5.41 Å². The van der Waals surface area contributed by atoms with Gasteiger partial charge in [-0.1, -0.05) is 20.8 Å². The van der Waals surface area contributed by atoms with E-state index in [0.717, 1.165) is 12.1 Å². The zero-order chi connectivity index (χ0) is 13.8. The fraction of sp³-hybridized carbons (Fsp3) is 0.692. The predicted octanol–water partition coefficient (Wildman–Crippen LogP) is 1.07. The van der Waals surface area contributed by atoms with Crippen molar-refractivity contribution in [1.82, 2.24) is 9.78 Å². The molecule has 0 unspecified atom stereocenters. The first-order valence-electron chi connectivity index (χ1n) is 6.32. The van der Waals surface area contributed by atoms with Crippen molar-refractivity contribution in [2.24, 2.45) is 11.1 Å². The molecule has 0 aliphatic rings. The Kier molecular flexibility index (Phi) is 4.90.